The lowest BCUT2D eigenvalue weighted by Gasteiger charge is -2.37. The lowest BCUT2D eigenvalue weighted by atomic mass is 9.94. The summed E-state index contributed by atoms with van der Waals surface area (Å²) in [7, 11) is 1.54. The molecule has 36 heavy (non-hydrogen) atoms. The average molecular weight is 533 g/mol. The highest BCUT2D eigenvalue weighted by molar-refractivity contribution is 8.16. The van der Waals surface area contributed by atoms with E-state index in [0.717, 1.165) is 11.3 Å². The van der Waals surface area contributed by atoms with E-state index in [1.807, 2.05) is 22.4 Å². The van der Waals surface area contributed by atoms with E-state index in [2.05, 4.69) is 4.99 Å². The zero-order valence-electron chi connectivity index (χ0n) is 20.5. The van der Waals surface area contributed by atoms with Gasteiger partial charge in [-0.3, -0.25) is 9.59 Å². The first-order chi connectivity index (χ1) is 17.3. The van der Waals surface area contributed by atoms with Gasteiger partial charge >= 0.3 is 5.97 Å². The van der Waals surface area contributed by atoms with Gasteiger partial charge in [0.25, 0.3) is 0 Å². The Morgan fingerprint density at radius 2 is 1.75 bits per heavy atom. The first kappa shape index (κ1) is 26.2. The van der Waals surface area contributed by atoms with Gasteiger partial charge in [-0.2, -0.15) is 0 Å². The summed E-state index contributed by atoms with van der Waals surface area (Å²) >= 11 is 7.57. The van der Waals surface area contributed by atoms with E-state index in [-0.39, 0.29) is 31.4 Å². The molecule has 11 heteroatoms. The Morgan fingerprint density at radius 1 is 1.08 bits per heavy atom. The Hall–Kier alpha value is -2.82. The number of aliphatic imine (C=N–C) groups is 1. The second-order valence-corrected chi connectivity index (χ2v) is 9.91. The fourth-order valence-corrected chi connectivity index (χ4v) is 5.51. The topological polar surface area (TPSA) is 91.7 Å². The quantitative estimate of drug-likeness (QED) is 0.393. The number of allylic oxidation sites excluding steroid dienone is 1. The van der Waals surface area contributed by atoms with Crippen LogP contribution in [0.2, 0.25) is 5.02 Å². The van der Waals surface area contributed by atoms with Gasteiger partial charge < -0.3 is 24.2 Å². The van der Waals surface area contributed by atoms with Gasteiger partial charge in [0.05, 0.1) is 30.3 Å². The van der Waals surface area contributed by atoms with Crippen LogP contribution in [0.5, 0.6) is 0 Å². The van der Waals surface area contributed by atoms with E-state index in [4.69, 9.17) is 21.1 Å². The van der Waals surface area contributed by atoms with Crippen LogP contribution in [-0.2, 0) is 23.9 Å². The van der Waals surface area contributed by atoms with E-state index in [0.29, 0.717) is 47.6 Å². The molecule has 4 rings (SSSR count). The molecule has 3 aliphatic rings. The fraction of sp³-hybridized carbons (Fsp3) is 0.440. The van der Waals surface area contributed by atoms with Crippen molar-refractivity contribution >= 4 is 46.3 Å². The van der Waals surface area contributed by atoms with Crippen molar-refractivity contribution in [2.24, 2.45) is 4.99 Å². The lowest BCUT2D eigenvalue weighted by Crippen LogP contribution is -2.50. The molecule has 1 atom stereocenters. The number of benzene rings is 1. The summed E-state index contributed by atoms with van der Waals surface area (Å²) in [6.07, 6.45) is 0.154. The van der Waals surface area contributed by atoms with E-state index in [9.17, 15) is 14.4 Å². The highest BCUT2D eigenvalue weighted by Gasteiger charge is 2.41. The number of thioether (sulfide) groups is 1. The molecule has 192 valence electrons. The molecule has 0 bridgehead atoms. The summed E-state index contributed by atoms with van der Waals surface area (Å²) in [6, 6.07) is 6.77. The van der Waals surface area contributed by atoms with Gasteiger partial charge in [-0.15, -0.1) is 0 Å². The number of amides is 2. The van der Waals surface area contributed by atoms with Crippen molar-refractivity contribution in [1.29, 1.82) is 0 Å². The monoisotopic (exact) mass is 532 g/mol. The van der Waals surface area contributed by atoms with Gasteiger partial charge in [0.1, 0.15) is 6.61 Å². The summed E-state index contributed by atoms with van der Waals surface area (Å²) in [5, 5.41) is 3.20. The number of hydrogen-bond acceptors (Lipinski definition) is 8. The minimum absolute atomic E-state index is 0.0176. The van der Waals surface area contributed by atoms with Gasteiger partial charge in [-0.25, -0.2) is 9.79 Å². The van der Waals surface area contributed by atoms with Gasteiger partial charge in [0.15, 0.2) is 5.17 Å². The van der Waals surface area contributed by atoms with Crippen molar-refractivity contribution in [1.82, 2.24) is 14.7 Å². The van der Waals surface area contributed by atoms with Crippen LogP contribution in [0.3, 0.4) is 0 Å². The molecule has 1 fully saturated rings. The minimum atomic E-state index is -0.520. The third kappa shape index (κ3) is 5.61. The Morgan fingerprint density at radius 3 is 2.39 bits per heavy atom. The first-order valence-corrected chi connectivity index (χ1v) is 12.9. The number of nitrogens with zero attached hydrogens (tertiary/aromatic N) is 4. The van der Waals surface area contributed by atoms with Crippen LogP contribution >= 0.6 is 23.4 Å². The minimum Gasteiger partial charge on any atom is -0.460 e. The third-order valence-corrected chi connectivity index (χ3v) is 7.48. The highest BCUT2D eigenvalue weighted by atomic mass is 35.5. The van der Waals surface area contributed by atoms with Crippen molar-refractivity contribution < 1.29 is 23.9 Å². The number of carbonyl (C=O) groups excluding carboxylic acids is 3. The van der Waals surface area contributed by atoms with Gasteiger partial charge in [-0.1, -0.05) is 35.5 Å². The van der Waals surface area contributed by atoms with Crippen molar-refractivity contribution in [2.75, 3.05) is 46.5 Å². The largest absolute Gasteiger partial charge is 0.460 e. The molecule has 1 aromatic rings. The van der Waals surface area contributed by atoms with Gasteiger partial charge in [-0.05, 0) is 30.0 Å². The first-order valence-electron chi connectivity index (χ1n) is 11.7. The molecule has 0 spiro atoms. The van der Waals surface area contributed by atoms with Crippen molar-refractivity contribution in [2.45, 2.75) is 26.3 Å². The standard InChI is InChI=1S/C25H29ClN4O5S/c1-16-22(24(33)35-13-12-34-3)23(18-4-6-19(26)7-5-18)30-20(15-36-25(30)27-16)14-21(32)29-10-8-28(9-11-29)17(2)31/h4-7,15,23H,8-14H2,1-3H3. The smallest absolute Gasteiger partial charge is 0.338 e. The molecule has 1 unspecified atom stereocenters. The Kier molecular flexibility index (Phi) is 8.38. The molecule has 0 aliphatic carbocycles. The molecule has 0 aromatic heterocycles. The number of methoxy groups -OCH3 is 1. The van der Waals surface area contributed by atoms with Crippen molar-refractivity contribution in [3.63, 3.8) is 0 Å². The number of ether oxygens (including phenoxy) is 2. The van der Waals surface area contributed by atoms with E-state index in [1.54, 1.807) is 42.9 Å². The van der Waals surface area contributed by atoms with Crippen LogP contribution < -0.4 is 0 Å². The maximum Gasteiger partial charge on any atom is 0.338 e. The van der Waals surface area contributed by atoms with Crippen LogP contribution in [0.1, 0.15) is 31.9 Å². The molecule has 0 saturated carbocycles. The van der Waals surface area contributed by atoms with E-state index in [1.165, 1.54) is 11.8 Å². The number of fused-ring (bicyclic) bond motifs is 1. The number of halogens is 1. The molecule has 0 N–H and O–H groups in total. The average Bonchev–Trinajstić information content (AvgIpc) is 3.25. The number of amidine groups is 1. The molecule has 1 aromatic carbocycles. The second kappa shape index (κ2) is 11.5. The molecular weight excluding hydrogens is 504 g/mol. The van der Waals surface area contributed by atoms with E-state index >= 15 is 0 Å². The number of esters is 1. The highest BCUT2D eigenvalue weighted by Crippen LogP contribution is 2.45. The normalized spacial score (nSPS) is 19.7. The molecular formula is C25H29ClN4O5S. The fourth-order valence-electron chi connectivity index (χ4n) is 4.42. The Bertz CT molecular complexity index is 1130. The van der Waals surface area contributed by atoms with Crippen LogP contribution in [0.15, 0.2) is 51.6 Å². The lowest BCUT2D eigenvalue weighted by molar-refractivity contribution is -0.141. The maximum absolute atomic E-state index is 13.2. The number of rotatable bonds is 7. The molecule has 3 aliphatic heterocycles. The number of hydrogen-bond donors (Lipinski definition) is 0. The summed E-state index contributed by atoms with van der Waals surface area (Å²) in [5.74, 6) is -0.490. The maximum atomic E-state index is 13.2. The molecule has 2 amide bonds. The summed E-state index contributed by atoms with van der Waals surface area (Å²) in [5.41, 5.74) is 2.57. The van der Waals surface area contributed by atoms with Crippen LogP contribution in [0.4, 0.5) is 0 Å². The zero-order chi connectivity index (χ0) is 25.8. The molecule has 9 nitrogen and oxygen atoms in total. The Labute approximate surface area is 219 Å². The predicted molar refractivity (Wildman–Crippen MR) is 138 cm³/mol. The van der Waals surface area contributed by atoms with E-state index < -0.39 is 12.0 Å². The zero-order valence-corrected chi connectivity index (χ0v) is 22.1. The number of piperazine rings is 1. The second-order valence-electron chi connectivity index (χ2n) is 8.64. The Balaban J connectivity index is 1.59. The molecule has 0 radical (unpaired) electrons. The van der Waals surface area contributed by atoms with Gasteiger partial charge in [0, 0.05) is 50.9 Å². The summed E-state index contributed by atoms with van der Waals surface area (Å²) in [4.78, 5) is 48.2. The molecule has 1 saturated heterocycles. The molecule has 3 heterocycles. The SMILES string of the molecule is COCCOC(=O)C1=C(C)N=C2SC=C(CC(=O)N3CCN(C(C)=O)CC3)N2C1c1ccc(Cl)cc1. The van der Waals surface area contributed by atoms with Crippen LogP contribution in [0, 0.1) is 0 Å². The van der Waals surface area contributed by atoms with Gasteiger partial charge in [0.2, 0.25) is 11.8 Å². The summed E-state index contributed by atoms with van der Waals surface area (Å²) in [6.45, 7) is 5.79. The summed E-state index contributed by atoms with van der Waals surface area (Å²) < 4.78 is 10.5. The third-order valence-electron chi connectivity index (χ3n) is 6.34. The van der Waals surface area contributed by atoms with Crippen LogP contribution in [-0.4, -0.2) is 84.2 Å². The predicted octanol–water partition coefficient (Wildman–Crippen LogP) is 3.19. The number of carbonyl (C=O) groups is 3. The van der Waals surface area contributed by atoms with Crippen molar-refractivity contribution in [3.05, 3.63) is 57.2 Å². The van der Waals surface area contributed by atoms with Crippen LogP contribution in [0.25, 0.3) is 0 Å². The van der Waals surface area contributed by atoms with Crippen molar-refractivity contribution in [3.8, 4) is 0 Å².